The van der Waals surface area contributed by atoms with Gasteiger partial charge in [-0.25, -0.2) is 18.4 Å². The molecular formula is C23H26N8O3S. The fourth-order valence-electron chi connectivity index (χ4n) is 4.25. The second-order valence-corrected chi connectivity index (χ2v) is 11.5. The van der Waals surface area contributed by atoms with Crippen molar-refractivity contribution < 1.29 is 12.9 Å². The molecule has 1 fully saturated rings. The summed E-state index contributed by atoms with van der Waals surface area (Å²) in [6, 6.07) is 3.73. The van der Waals surface area contributed by atoms with Crippen LogP contribution in [0.15, 0.2) is 47.6 Å². The molecule has 12 heteroatoms. The lowest BCUT2D eigenvalue weighted by Gasteiger charge is -2.30. The Morgan fingerprint density at radius 2 is 1.89 bits per heavy atom. The van der Waals surface area contributed by atoms with E-state index in [9.17, 15) is 8.42 Å². The van der Waals surface area contributed by atoms with Gasteiger partial charge >= 0.3 is 0 Å². The van der Waals surface area contributed by atoms with Crippen LogP contribution in [0.25, 0.3) is 22.7 Å². The lowest BCUT2D eigenvalue weighted by atomic mass is 9.73. The number of nitrogens with two attached hydrogens (primary N) is 1. The van der Waals surface area contributed by atoms with Crippen molar-refractivity contribution in [2.24, 2.45) is 5.92 Å². The first-order chi connectivity index (χ1) is 16.7. The fourth-order valence-corrected chi connectivity index (χ4v) is 5.95. The molecule has 0 radical (unpaired) electrons. The van der Waals surface area contributed by atoms with Gasteiger partial charge in [0.15, 0.2) is 15.7 Å². The average Bonchev–Trinajstić information content (AvgIpc) is 3.58. The van der Waals surface area contributed by atoms with E-state index in [2.05, 4.69) is 46.0 Å². The highest BCUT2D eigenvalue weighted by atomic mass is 32.2. The Kier molecular flexibility index (Phi) is 5.62. The van der Waals surface area contributed by atoms with Gasteiger partial charge in [-0.2, -0.15) is 10.1 Å². The molecular weight excluding hydrogens is 468 g/mol. The van der Waals surface area contributed by atoms with Crippen molar-refractivity contribution in [3.8, 4) is 22.7 Å². The van der Waals surface area contributed by atoms with Crippen LogP contribution >= 0.6 is 0 Å². The van der Waals surface area contributed by atoms with Crippen LogP contribution in [0.3, 0.4) is 0 Å². The van der Waals surface area contributed by atoms with Crippen molar-refractivity contribution >= 4 is 15.8 Å². The van der Waals surface area contributed by atoms with Gasteiger partial charge in [-0.05, 0) is 30.9 Å². The van der Waals surface area contributed by atoms with Crippen LogP contribution in [0.5, 0.6) is 0 Å². The molecule has 1 aliphatic heterocycles. The molecule has 4 aromatic rings. The molecule has 11 nitrogen and oxygen atoms in total. The minimum atomic E-state index is -3.01. The summed E-state index contributed by atoms with van der Waals surface area (Å²) in [5, 5.41) is 8.65. The number of nitrogens with zero attached hydrogens (tertiary/aromatic N) is 7. The monoisotopic (exact) mass is 494 g/mol. The number of hydrogen-bond donors (Lipinski definition) is 1. The molecule has 1 aliphatic rings. The first-order valence-electron chi connectivity index (χ1n) is 11.3. The molecule has 0 bridgehead atoms. The van der Waals surface area contributed by atoms with Gasteiger partial charge in [0.25, 0.3) is 5.89 Å². The molecule has 0 saturated carbocycles. The fraction of sp³-hybridized carbons (Fsp3) is 0.391. The van der Waals surface area contributed by atoms with E-state index in [4.69, 9.17) is 15.2 Å². The number of pyridine rings is 1. The Morgan fingerprint density at radius 3 is 2.51 bits per heavy atom. The predicted octanol–water partition coefficient (Wildman–Crippen LogP) is 2.69. The molecule has 1 saturated heterocycles. The van der Waals surface area contributed by atoms with E-state index in [1.165, 1.54) is 0 Å². The van der Waals surface area contributed by atoms with Crippen LogP contribution in [0.2, 0.25) is 0 Å². The second kappa shape index (κ2) is 8.52. The smallest absolute Gasteiger partial charge is 0.261 e. The summed E-state index contributed by atoms with van der Waals surface area (Å²) in [6.45, 7) is 6.24. The molecule has 182 valence electrons. The van der Waals surface area contributed by atoms with Crippen LogP contribution in [0.4, 0.5) is 5.95 Å². The average molecular weight is 495 g/mol. The Morgan fingerprint density at radius 1 is 1.11 bits per heavy atom. The van der Waals surface area contributed by atoms with E-state index >= 15 is 0 Å². The van der Waals surface area contributed by atoms with Crippen LogP contribution in [0, 0.1) is 5.92 Å². The minimum Gasteiger partial charge on any atom is -0.368 e. The van der Waals surface area contributed by atoms with Gasteiger partial charge in [-0.15, -0.1) is 0 Å². The molecule has 0 aromatic carbocycles. The van der Waals surface area contributed by atoms with Gasteiger partial charge in [0.1, 0.15) is 0 Å². The zero-order valence-corrected chi connectivity index (χ0v) is 20.5. The molecule has 0 spiro atoms. The molecule has 5 heterocycles. The van der Waals surface area contributed by atoms with E-state index in [-0.39, 0.29) is 29.4 Å². The van der Waals surface area contributed by atoms with Gasteiger partial charge in [0.05, 0.1) is 40.4 Å². The number of hydrogen-bond acceptors (Lipinski definition) is 10. The van der Waals surface area contributed by atoms with Crippen LogP contribution in [0.1, 0.15) is 44.6 Å². The second-order valence-electron chi connectivity index (χ2n) is 9.31. The standard InChI is InChI=1S/C23H26N8O3S/c1-14(2)23(3,17-4-5-19(25-11-17)15-8-26-22(24)27-9-15)21-29-20(34-30-21)16-10-28-31(12-16)18-6-7-35(32,33)13-18/h4-5,8-12,14,18H,6-7,13H2,1-3H3,(H2,24,26,27)/t18?,23-/m1/s1. The summed E-state index contributed by atoms with van der Waals surface area (Å²) in [5.74, 6) is 1.49. The van der Waals surface area contributed by atoms with E-state index in [0.717, 1.165) is 16.8 Å². The van der Waals surface area contributed by atoms with Crippen molar-refractivity contribution in [1.82, 2.24) is 34.9 Å². The van der Waals surface area contributed by atoms with Crippen molar-refractivity contribution in [3.05, 3.63) is 54.5 Å². The molecule has 0 amide bonds. The van der Waals surface area contributed by atoms with Crippen molar-refractivity contribution in [2.45, 2.75) is 38.6 Å². The first kappa shape index (κ1) is 23.1. The van der Waals surface area contributed by atoms with E-state index in [0.29, 0.717) is 23.7 Å². The summed E-state index contributed by atoms with van der Waals surface area (Å²) in [4.78, 5) is 17.4. The van der Waals surface area contributed by atoms with Crippen LogP contribution in [-0.4, -0.2) is 54.8 Å². The molecule has 35 heavy (non-hydrogen) atoms. The molecule has 4 aromatic heterocycles. The third-order valence-corrected chi connectivity index (χ3v) is 8.56. The van der Waals surface area contributed by atoms with Gasteiger partial charge < -0.3 is 10.3 Å². The highest BCUT2D eigenvalue weighted by molar-refractivity contribution is 7.91. The third-order valence-electron chi connectivity index (χ3n) is 6.81. The third kappa shape index (κ3) is 4.29. The Hall–Kier alpha value is -3.67. The Bertz CT molecular complexity index is 1440. The maximum atomic E-state index is 11.8. The van der Waals surface area contributed by atoms with Crippen molar-refractivity contribution in [1.29, 1.82) is 0 Å². The summed E-state index contributed by atoms with van der Waals surface area (Å²) >= 11 is 0. The largest absolute Gasteiger partial charge is 0.368 e. The zero-order chi connectivity index (χ0) is 24.8. The predicted molar refractivity (Wildman–Crippen MR) is 129 cm³/mol. The summed E-state index contributed by atoms with van der Waals surface area (Å²) in [7, 11) is -3.01. The summed E-state index contributed by atoms with van der Waals surface area (Å²) in [5.41, 5.74) is 8.09. The zero-order valence-electron chi connectivity index (χ0n) is 19.7. The summed E-state index contributed by atoms with van der Waals surface area (Å²) < 4.78 is 30.9. The van der Waals surface area contributed by atoms with E-state index in [1.54, 1.807) is 35.7 Å². The normalized spacial score (nSPS) is 19.1. The molecule has 2 atom stereocenters. The van der Waals surface area contributed by atoms with Gasteiger partial charge in [-0.1, -0.05) is 25.1 Å². The lowest BCUT2D eigenvalue weighted by Crippen LogP contribution is -2.31. The number of aromatic nitrogens is 7. The van der Waals surface area contributed by atoms with Crippen LogP contribution in [-0.2, 0) is 15.3 Å². The van der Waals surface area contributed by atoms with Crippen molar-refractivity contribution in [2.75, 3.05) is 17.2 Å². The first-order valence-corrected chi connectivity index (χ1v) is 13.1. The highest BCUT2D eigenvalue weighted by Crippen LogP contribution is 2.38. The van der Waals surface area contributed by atoms with Crippen LogP contribution < -0.4 is 5.73 Å². The molecule has 1 unspecified atom stereocenters. The highest BCUT2D eigenvalue weighted by Gasteiger charge is 2.38. The van der Waals surface area contributed by atoms with Gasteiger partial charge in [0.2, 0.25) is 5.95 Å². The Labute approximate surface area is 202 Å². The number of nitrogen functional groups attached to an aromatic ring is 1. The minimum absolute atomic E-state index is 0.0973. The van der Waals surface area contributed by atoms with E-state index < -0.39 is 15.3 Å². The van der Waals surface area contributed by atoms with Crippen molar-refractivity contribution in [3.63, 3.8) is 0 Å². The topological polar surface area (TPSA) is 156 Å². The Balaban J connectivity index is 1.42. The maximum absolute atomic E-state index is 11.8. The van der Waals surface area contributed by atoms with Gasteiger partial charge in [0, 0.05) is 30.4 Å². The quantitative estimate of drug-likeness (QED) is 0.423. The van der Waals surface area contributed by atoms with E-state index in [1.807, 2.05) is 12.1 Å². The maximum Gasteiger partial charge on any atom is 0.261 e. The number of anilines is 1. The summed E-state index contributed by atoms with van der Waals surface area (Å²) in [6.07, 6.45) is 9.02. The van der Waals surface area contributed by atoms with Gasteiger partial charge in [-0.3, -0.25) is 9.67 Å². The molecule has 0 aliphatic carbocycles. The number of rotatable bonds is 6. The lowest BCUT2D eigenvalue weighted by molar-refractivity contribution is 0.350. The SMILES string of the molecule is CC(C)[C@](C)(c1ccc(-c2cnc(N)nc2)nc1)c1noc(-c2cnn(C3CCS(=O)(=O)C3)c2)n1. The molecule has 2 N–H and O–H groups in total. The number of sulfone groups is 1. The molecule has 5 rings (SSSR count).